The van der Waals surface area contributed by atoms with Gasteiger partial charge in [0.2, 0.25) is 0 Å². The van der Waals surface area contributed by atoms with E-state index in [2.05, 4.69) is 22.4 Å². The van der Waals surface area contributed by atoms with Crippen molar-refractivity contribution >= 4 is 16.8 Å². The molecule has 0 unspecified atom stereocenters. The molecule has 31 heavy (non-hydrogen) atoms. The summed E-state index contributed by atoms with van der Waals surface area (Å²) >= 11 is 0. The van der Waals surface area contributed by atoms with Crippen LogP contribution in [0.15, 0.2) is 36.5 Å². The van der Waals surface area contributed by atoms with Crippen molar-refractivity contribution in [3.8, 4) is 11.3 Å². The van der Waals surface area contributed by atoms with Gasteiger partial charge in [-0.1, -0.05) is 18.2 Å². The largest absolute Gasteiger partial charge is 0.349 e. The molecule has 1 aromatic carbocycles. The van der Waals surface area contributed by atoms with Gasteiger partial charge >= 0.3 is 0 Å². The lowest BCUT2D eigenvalue weighted by Crippen LogP contribution is -2.34. The monoisotopic (exact) mass is 416 g/mol. The SMILES string of the molecule is Cc1nn(C)c(C)c1C[C@H](C)NC(=O)c1cc(-c2cnn(C)c2C)nc2ccccc12. The topological polar surface area (TPSA) is 77.6 Å². The Morgan fingerprint density at radius 3 is 2.48 bits per heavy atom. The molecule has 0 radical (unpaired) electrons. The molecule has 1 N–H and O–H groups in total. The fourth-order valence-electron chi connectivity index (χ4n) is 4.02. The van der Waals surface area contributed by atoms with Crippen LogP contribution in [0.3, 0.4) is 0 Å². The first kappa shape index (κ1) is 20.8. The van der Waals surface area contributed by atoms with Gasteiger partial charge in [0, 0.05) is 42.5 Å². The highest BCUT2D eigenvalue weighted by Gasteiger charge is 2.19. The zero-order valence-corrected chi connectivity index (χ0v) is 18.9. The molecule has 4 rings (SSSR count). The fraction of sp³-hybridized carbons (Fsp3) is 0.333. The van der Waals surface area contributed by atoms with Crippen molar-refractivity contribution in [1.82, 2.24) is 29.9 Å². The predicted molar refractivity (Wildman–Crippen MR) is 122 cm³/mol. The number of hydrogen-bond donors (Lipinski definition) is 1. The molecule has 0 aliphatic heterocycles. The summed E-state index contributed by atoms with van der Waals surface area (Å²) in [4.78, 5) is 18.1. The highest BCUT2D eigenvalue weighted by atomic mass is 16.1. The van der Waals surface area contributed by atoms with Crippen LogP contribution in [0.25, 0.3) is 22.2 Å². The van der Waals surface area contributed by atoms with Gasteiger partial charge in [0.25, 0.3) is 5.91 Å². The third kappa shape index (κ3) is 3.83. The molecule has 1 atom stereocenters. The van der Waals surface area contributed by atoms with Crippen molar-refractivity contribution in [2.75, 3.05) is 0 Å². The maximum absolute atomic E-state index is 13.3. The van der Waals surface area contributed by atoms with Crippen LogP contribution in [0, 0.1) is 20.8 Å². The Morgan fingerprint density at radius 2 is 1.84 bits per heavy atom. The van der Waals surface area contributed by atoms with Gasteiger partial charge in [0.1, 0.15) is 0 Å². The molecule has 7 heteroatoms. The van der Waals surface area contributed by atoms with Crippen LogP contribution in [0.1, 0.15) is 39.9 Å². The summed E-state index contributed by atoms with van der Waals surface area (Å²) in [6.07, 6.45) is 2.53. The first-order valence-electron chi connectivity index (χ1n) is 10.4. The summed E-state index contributed by atoms with van der Waals surface area (Å²) in [5, 5.41) is 12.8. The van der Waals surface area contributed by atoms with E-state index in [1.165, 1.54) is 5.56 Å². The number of fused-ring (bicyclic) bond motifs is 1. The summed E-state index contributed by atoms with van der Waals surface area (Å²) in [5.74, 6) is -0.104. The smallest absolute Gasteiger partial charge is 0.252 e. The van der Waals surface area contributed by atoms with E-state index in [1.807, 2.05) is 74.6 Å². The van der Waals surface area contributed by atoms with Crippen molar-refractivity contribution in [2.45, 2.75) is 40.2 Å². The second kappa shape index (κ2) is 7.98. The molecule has 7 nitrogen and oxygen atoms in total. The van der Waals surface area contributed by atoms with E-state index >= 15 is 0 Å². The summed E-state index contributed by atoms with van der Waals surface area (Å²) in [6.45, 7) is 8.09. The van der Waals surface area contributed by atoms with Gasteiger partial charge in [0.15, 0.2) is 0 Å². The second-order valence-corrected chi connectivity index (χ2v) is 8.19. The van der Waals surface area contributed by atoms with Gasteiger partial charge in [0.05, 0.1) is 28.7 Å². The van der Waals surface area contributed by atoms with Gasteiger partial charge in [-0.05, 0) is 51.8 Å². The Bertz CT molecular complexity index is 1280. The molecule has 4 aromatic rings. The zero-order chi connectivity index (χ0) is 22.3. The number of hydrogen-bond acceptors (Lipinski definition) is 4. The van der Waals surface area contributed by atoms with E-state index in [-0.39, 0.29) is 11.9 Å². The Labute approximate surface area is 182 Å². The molecule has 0 bridgehead atoms. The number of pyridine rings is 1. The lowest BCUT2D eigenvalue weighted by atomic mass is 10.0. The van der Waals surface area contributed by atoms with Crippen LogP contribution >= 0.6 is 0 Å². The average molecular weight is 417 g/mol. The molecule has 0 spiro atoms. The molecule has 0 saturated carbocycles. The van der Waals surface area contributed by atoms with E-state index in [1.54, 1.807) is 6.20 Å². The molecule has 0 aliphatic carbocycles. The van der Waals surface area contributed by atoms with Gasteiger partial charge < -0.3 is 5.32 Å². The minimum atomic E-state index is -0.104. The molecule has 160 valence electrons. The number of carbonyl (C=O) groups excluding carboxylic acids is 1. The molecule has 3 aromatic heterocycles. The number of amides is 1. The minimum Gasteiger partial charge on any atom is -0.349 e. The maximum atomic E-state index is 13.3. The first-order valence-corrected chi connectivity index (χ1v) is 10.4. The minimum absolute atomic E-state index is 0.0374. The second-order valence-electron chi connectivity index (χ2n) is 8.19. The van der Waals surface area contributed by atoms with E-state index in [9.17, 15) is 4.79 Å². The van der Waals surface area contributed by atoms with Crippen LogP contribution in [0.5, 0.6) is 0 Å². The summed E-state index contributed by atoms with van der Waals surface area (Å²) < 4.78 is 3.70. The lowest BCUT2D eigenvalue weighted by Gasteiger charge is -2.16. The molecular formula is C24H28N6O. The van der Waals surface area contributed by atoms with E-state index < -0.39 is 0 Å². The molecule has 0 fully saturated rings. The molecule has 1 amide bonds. The van der Waals surface area contributed by atoms with Crippen LogP contribution in [-0.4, -0.2) is 36.5 Å². The van der Waals surface area contributed by atoms with E-state index in [0.29, 0.717) is 5.56 Å². The molecule has 0 aliphatic rings. The summed E-state index contributed by atoms with van der Waals surface area (Å²) in [7, 11) is 3.84. The predicted octanol–water partition coefficient (Wildman–Crippen LogP) is 3.66. The Balaban J connectivity index is 1.67. The number of nitrogens with zero attached hydrogens (tertiary/aromatic N) is 5. The third-order valence-corrected chi connectivity index (χ3v) is 6.02. The van der Waals surface area contributed by atoms with Crippen molar-refractivity contribution in [3.05, 3.63) is 64.7 Å². The van der Waals surface area contributed by atoms with Gasteiger partial charge in [-0.2, -0.15) is 10.2 Å². The number of nitrogens with one attached hydrogen (secondary N) is 1. The number of aromatic nitrogens is 5. The first-order chi connectivity index (χ1) is 14.8. The third-order valence-electron chi connectivity index (χ3n) is 6.02. The number of carbonyl (C=O) groups is 1. The number of rotatable bonds is 5. The van der Waals surface area contributed by atoms with Crippen molar-refractivity contribution in [3.63, 3.8) is 0 Å². The highest BCUT2D eigenvalue weighted by molar-refractivity contribution is 6.07. The zero-order valence-electron chi connectivity index (χ0n) is 18.9. The fourth-order valence-corrected chi connectivity index (χ4v) is 4.02. The van der Waals surface area contributed by atoms with Gasteiger partial charge in [-0.15, -0.1) is 0 Å². The normalized spacial score (nSPS) is 12.3. The van der Waals surface area contributed by atoms with Crippen molar-refractivity contribution in [2.24, 2.45) is 14.1 Å². The molecular weight excluding hydrogens is 388 g/mol. The molecule has 0 saturated heterocycles. The standard InChI is InChI=1S/C24H28N6O/c1-14(11-19-15(2)28-30(6)16(19)3)26-24(31)20-12-23(21-13-25-29(5)17(21)4)27-22-10-8-7-9-18(20)22/h7-10,12-14H,11H2,1-6H3,(H,26,31)/t14-/m0/s1. The van der Waals surface area contributed by atoms with Crippen LogP contribution in [-0.2, 0) is 20.5 Å². The van der Waals surface area contributed by atoms with Crippen LogP contribution in [0.2, 0.25) is 0 Å². The Morgan fingerprint density at radius 1 is 1.10 bits per heavy atom. The number of aryl methyl sites for hydroxylation is 3. The van der Waals surface area contributed by atoms with Crippen molar-refractivity contribution in [1.29, 1.82) is 0 Å². The maximum Gasteiger partial charge on any atom is 0.252 e. The number of para-hydroxylation sites is 1. The highest BCUT2D eigenvalue weighted by Crippen LogP contribution is 2.27. The van der Waals surface area contributed by atoms with E-state index in [4.69, 9.17) is 4.98 Å². The van der Waals surface area contributed by atoms with Crippen molar-refractivity contribution < 1.29 is 4.79 Å². The number of benzene rings is 1. The quantitative estimate of drug-likeness (QED) is 0.539. The van der Waals surface area contributed by atoms with E-state index in [0.717, 1.165) is 45.7 Å². The van der Waals surface area contributed by atoms with Gasteiger partial charge in [-0.3, -0.25) is 14.2 Å². The Hall–Kier alpha value is -3.48. The summed E-state index contributed by atoms with van der Waals surface area (Å²) in [6, 6.07) is 9.58. The van der Waals surface area contributed by atoms with Crippen LogP contribution < -0.4 is 5.32 Å². The average Bonchev–Trinajstić information content (AvgIpc) is 3.19. The summed E-state index contributed by atoms with van der Waals surface area (Å²) in [5.41, 5.74) is 7.41. The van der Waals surface area contributed by atoms with Gasteiger partial charge in [-0.25, -0.2) is 4.98 Å². The van der Waals surface area contributed by atoms with Crippen LogP contribution in [0.4, 0.5) is 0 Å². The Kier molecular flexibility index (Phi) is 5.35. The molecule has 3 heterocycles. The lowest BCUT2D eigenvalue weighted by molar-refractivity contribution is 0.0941.